The highest BCUT2D eigenvalue weighted by molar-refractivity contribution is 5.93. The monoisotopic (exact) mass is 362 g/mol. The van der Waals surface area contributed by atoms with E-state index in [1.165, 1.54) is 12.1 Å². The van der Waals surface area contributed by atoms with Crippen molar-refractivity contribution in [1.82, 2.24) is 10.1 Å². The lowest BCUT2D eigenvalue weighted by atomic mass is 10.1. The standard InChI is InChI=1S/C17H13F3N4O2/c18-17(19,20)12-5-1-11(2-6-12)16-23-14(26-24-16)9-22-13-7-3-10(4-8-13)15(21)25/h1-8,22H,9H2,(H2,21,25). The lowest BCUT2D eigenvalue weighted by Gasteiger charge is -2.05. The summed E-state index contributed by atoms with van der Waals surface area (Å²) in [5.74, 6) is -0.0619. The molecule has 1 amide bonds. The highest BCUT2D eigenvalue weighted by atomic mass is 19.4. The largest absolute Gasteiger partial charge is 0.416 e. The summed E-state index contributed by atoms with van der Waals surface area (Å²) in [4.78, 5) is 15.1. The molecule has 0 aliphatic heterocycles. The molecular formula is C17H13F3N4O2. The fourth-order valence-corrected chi connectivity index (χ4v) is 2.18. The van der Waals surface area contributed by atoms with E-state index in [1.807, 2.05) is 0 Å². The van der Waals surface area contributed by atoms with Crippen molar-refractivity contribution in [3.63, 3.8) is 0 Å². The molecule has 26 heavy (non-hydrogen) atoms. The second kappa shape index (κ2) is 6.87. The number of alkyl halides is 3. The molecule has 9 heteroatoms. The Kier molecular flexibility index (Phi) is 4.61. The Hall–Kier alpha value is -3.36. The Bertz CT molecular complexity index is 903. The van der Waals surface area contributed by atoms with E-state index >= 15 is 0 Å². The van der Waals surface area contributed by atoms with E-state index in [0.717, 1.165) is 12.1 Å². The van der Waals surface area contributed by atoms with E-state index < -0.39 is 17.6 Å². The Morgan fingerprint density at radius 2 is 1.73 bits per heavy atom. The zero-order chi connectivity index (χ0) is 18.7. The average Bonchev–Trinajstić information content (AvgIpc) is 3.09. The molecule has 3 aromatic rings. The maximum absolute atomic E-state index is 12.6. The number of aromatic nitrogens is 2. The molecular weight excluding hydrogens is 349 g/mol. The number of halogens is 3. The van der Waals surface area contributed by atoms with Gasteiger partial charge >= 0.3 is 6.18 Å². The second-order valence-corrected chi connectivity index (χ2v) is 5.38. The molecule has 134 valence electrons. The van der Waals surface area contributed by atoms with Gasteiger partial charge < -0.3 is 15.6 Å². The molecule has 0 saturated carbocycles. The van der Waals surface area contributed by atoms with Crippen LogP contribution in [0.15, 0.2) is 53.1 Å². The van der Waals surface area contributed by atoms with Crippen LogP contribution in [0.25, 0.3) is 11.4 Å². The van der Waals surface area contributed by atoms with E-state index in [1.54, 1.807) is 24.3 Å². The van der Waals surface area contributed by atoms with Gasteiger partial charge in [-0.05, 0) is 36.4 Å². The van der Waals surface area contributed by atoms with Gasteiger partial charge in [0, 0.05) is 16.8 Å². The summed E-state index contributed by atoms with van der Waals surface area (Å²) in [6.45, 7) is 0.212. The molecule has 0 radical (unpaired) electrons. The quantitative estimate of drug-likeness (QED) is 0.725. The van der Waals surface area contributed by atoms with E-state index in [0.29, 0.717) is 16.8 Å². The second-order valence-electron chi connectivity index (χ2n) is 5.38. The fraction of sp³-hybridized carbons (Fsp3) is 0.118. The van der Waals surface area contributed by atoms with Crippen LogP contribution in [0.4, 0.5) is 18.9 Å². The van der Waals surface area contributed by atoms with Crippen molar-refractivity contribution in [1.29, 1.82) is 0 Å². The summed E-state index contributed by atoms with van der Waals surface area (Å²) in [6.07, 6.45) is -4.39. The van der Waals surface area contributed by atoms with E-state index in [-0.39, 0.29) is 18.3 Å². The number of hydrogen-bond donors (Lipinski definition) is 2. The number of benzene rings is 2. The number of carbonyl (C=O) groups is 1. The van der Waals surface area contributed by atoms with Gasteiger partial charge in [0.05, 0.1) is 12.1 Å². The van der Waals surface area contributed by atoms with Gasteiger partial charge in [-0.15, -0.1) is 0 Å². The van der Waals surface area contributed by atoms with Gasteiger partial charge in [0.15, 0.2) is 0 Å². The van der Waals surface area contributed by atoms with Gasteiger partial charge in [-0.2, -0.15) is 18.2 Å². The van der Waals surface area contributed by atoms with Crippen LogP contribution in [0, 0.1) is 0 Å². The van der Waals surface area contributed by atoms with Crippen molar-refractivity contribution in [3.8, 4) is 11.4 Å². The van der Waals surface area contributed by atoms with E-state index in [4.69, 9.17) is 10.3 Å². The molecule has 0 saturated heterocycles. The molecule has 3 rings (SSSR count). The van der Waals surface area contributed by atoms with E-state index in [9.17, 15) is 18.0 Å². The summed E-state index contributed by atoms with van der Waals surface area (Å²) in [7, 11) is 0. The van der Waals surface area contributed by atoms with Crippen molar-refractivity contribution in [2.24, 2.45) is 5.73 Å². The Morgan fingerprint density at radius 3 is 2.31 bits per heavy atom. The Morgan fingerprint density at radius 1 is 1.08 bits per heavy atom. The summed E-state index contributed by atoms with van der Waals surface area (Å²) >= 11 is 0. The summed E-state index contributed by atoms with van der Waals surface area (Å²) in [5, 5.41) is 6.78. The van der Waals surface area contributed by atoms with Crippen LogP contribution < -0.4 is 11.1 Å². The van der Waals surface area contributed by atoms with Crippen LogP contribution in [-0.4, -0.2) is 16.0 Å². The van der Waals surface area contributed by atoms with Crippen LogP contribution in [-0.2, 0) is 12.7 Å². The summed E-state index contributed by atoms with van der Waals surface area (Å²) in [5.41, 5.74) is 5.94. The molecule has 0 atom stereocenters. The third kappa shape index (κ3) is 4.00. The zero-order valence-corrected chi connectivity index (χ0v) is 13.2. The zero-order valence-electron chi connectivity index (χ0n) is 13.2. The first kappa shape index (κ1) is 17.5. The SMILES string of the molecule is NC(=O)c1ccc(NCc2nc(-c3ccc(C(F)(F)F)cc3)no2)cc1. The molecule has 6 nitrogen and oxygen atoms in total. The van der Waals surface area contributed by atoms with Crippen LogP contribution in [0.2, 0.25) is 0 Å². The third-order valence-corrected chi connectivity index (χ3v) is 3.55. The Balaban J connectivity index is 1.65. The highest BCUT2D eigenvalue weighted by Crippen LogP contribution is 2.30. The summed E-state index contributed by atoms with van der Waals surface area (Å²) in [6, 6.07) is 11.0. The van der Waals surface area contributed by atoms with Crippen LogP contribution >= 0.6 is 0 Å². The summed E-state index contributed by atoms with van der Waals surface area (Å²) < 4.78 is 42.8. The van der Waals surface area contributed by atoms with Gasteiger partial charge in [-0.3, -0.25) is 4.79 Å². The minimum absolute atomic E-state index is 0.194. The first-order chi connectivity index (χ1) is 12.3. The number of rotatable bonds is 5. The average molecular weight is 362 g/mol. The smallest absolute Gasteiger partial charge is 0.376 e. The van der Waals surface area contributed by atoms with Gasteiger partial charge in [0.25, 0.3) is 0 Å². The fourth-order valence-electron chi connectivity index (χ4n) is 2.18. The number of anilines is 1. The van der Waals surface area contributed by atoms with Gasteiger partial charge in [-0.25, -0.2) is 0 Å². The number of hydrogen-bond acceptors (Lipinski definition) is 5. The normalized spacial score (nSPS) is 11.3. The van der Waals surface area contributed by atoms with Crippen LogP contribution in [0.1, 0.15) is 21.8 Å². The topological polar surface area (TPSA) is 94.0 Å². The minimum atomic E-state index is -4.39. The number of amides is 1. The molecule has 3 N–H and O–H groups in total. The number of nitrogens with one attached hydrogen (secondary N) is 1. The maximum Gasteiger partial charge on any atom is 0.416 e. The number of nitrogens with two attached hydrogens (primary N) is 1. The van der Waals surface area contributed by atoms with Crippen LogP contribution in [0.3, 0.4) is 0 Å². The molecule has 0 unspecified atom stereocenters. The Labute approximate surface area is 145 Å². The van der Waals surface area contributed by atoms with Crippen molar-refractivity contribution in [3.05, 3.63) is 65.5 Å². The lowest BCUT2D eigenvalue weighted by molar-refractivity contribution is -0.137. The molecule has 0 bridgehead atoms. The lowest BCUT2D eigenvalue weighted by Crippen LogP contribution is -2.10. The molecule has 0 spiro atoms. The van der Waals surface area contributed by atoms with Crippen molar-refractivity contribution in [2.75, 3.05) is 5.32 Å². The predicted octanol–water partition coefficient (Wildman–Crippen LogP) is 3.47. The van der Waals surface area contributed by atoms with Gasteiger partial charge in [0.1, 0.15) is 0 Å². The van der Waals surface area contributed by atoms with Crippen molar-refractivity contribution in [2.45, 2.75) is 12.7 Å². The van der Waals surface area contributed by atoms with Gasteiger partial charge in [0.2, 0.25) is 17.6 Å². The number of primary amides is 1. The van der Waals surface area contributed by atoms with Crippen molar-refractivity contribution >= 4 is 11.6 Å². The highest BCUT2D eigenvalue weighted by Gasteiger charge is 2.30. The van der Waals surface area contributed by atoms with E-state index in [2.05, 4.69) is 15.5 Å². The molecule has 0 fully saturated rings. The van der Waals surface area contributed by atoms with Crippen molar-refractivity contribution < 1.29 is 22.5 Å². The molecule has 0 aliphatic rings. The van der Waals surface area contributed by atoms with Gasteiger partial charge in [-0.1, -0.05) is 17.3 Å². The third-order valence-electron chi connectivity index (χ3n) is 3.55. The maximum atomic E-state index is 12.6. The predicted molar refractivity (Wildman–Crippen MR) is 87.0 cm³/mol. The molecule has 1 aromatic heterocycles. The molecule has 0 aliphatic carbocycles. The molecule has 1 heterocycles. The van der Waals surface area contributed by atoms with Crippen LogP contribution in [0.5, 0.6) is 0 Å². The minimum Gasteiger partial charge on any atom is -0.376 e. The first-order valence-electron chi connectivity index (χ1n) is 7.47. The molecule has 2 aromatic carbocycles. The number of carbonyl (C=O) groups excluding carboxylic acids is 1. The number of nitrogens with zero attached hydrogens (tertiary/aromatic N) is 2. The first-order valence-corrected chi connectivity index (χ1v) is 7.47.